The Morgan fingerprint density at radius 2 is 2.24 bits per heavy atom. The zero-order chi connectivity index (χ0) is 14.8. The molecular formula is C15H18N4O2. The highest BCUT2D eigenvalue weighted by atomic mass is 16.3. The molecule has 1 amide bonds. The average Bonchev–Trinajstić information content (AvgIpc) is 3.20. The second kappa shape index (κ2) is 5.57. The first kappa shape index (κ1) is 13.6. The molecule has 6 heteroatoms. The molecule has 0 unspecified atom stereocenters. The van der Waals surface area contributed by atoms with Crippen molar-refractivity contribution in [3.05, 3.63) is 42.2 Å². The zero-order valence-electron chi connectivity index (χ0n) is 11.6. The molecule has 0 radical (unpaired) electrons. The van der Waals surface area contributed by atoms with Crippen LogP contribution in [0.4, 0.5) is 5.69 Å². The third-order valence-electron chi connectivity index (χ3n) is 3.53. The first-order chi connectivity index (χ1) is 10.2. The lowest BCUT2D eigenvalue weighted by Crippen LogP contribution is -2.35. The number of hydrogen-bond donors (Lipinski definition) is 2. The molecule has 1 saturated carbocycles. The van der Waals surface area contributed by atoms with Gasteiger partial charge in [-0.1, -0.05) is 6.07 Å². The molecule has 2 aromatic rings. The van der Waals surface area contributed by atoms with Crippen LogP contribution in [0.15, 0.2) is 36.5 Å². The van der Waals surface area contributed by atoms with Crippen LogP contribution < -0.4 is 5.73 Å². The van der Waals surface area contributed by atoms with E-state index in [1.54, 1.807) is 34.0 Å². The number of rotatable bonds is 5. The number of carbonyl (C=O) groups excluding carboxylic acids is 1. The number of hydrogen-bond acceptors (Lipinski definition) is 4. The van der Waals surface area contributed by atoms with Crippen LogP contribution in [0.3, 0.4) is 0 Å². The summed E-state index contributed by atoms with van der Waals surface area (Å²) in [4.78, 5) is 14.1. The van der Waals surface area contributed by atoms with Gasteiger partial charge in [0.1, 0.15) is 0 Å². The Labute approximate surface area is 122 Å². The second-order valence-electron chi connectivity index (χ2n) is 5.19. The van der Waals surface area contributed by atoms with Crippen molar-refractivity contribution < 1.29 is 9.90 Å². The fourth-order valence-electron chi connectivity index (χ4n) is 2.34. The molecule has 3 N–H and O–H groups in total. The molecule has 1 aromatic heterocycles. The third-order valence-corrected chi connectivity index (χ3v) is 3.53. The molecule has 0 spiro atoms. The first-order valence-corrected chi connectivity index (χ1v) is 7.02. The summed E-state index contributed by atoms with van der Waals surface area (Å²) in [5.41, 5.74) is 7.60. The Hall–Kier alpha value is -2.34. The Morgan fingerprint density at radius 1 is 1.43 bits per heavy atom. The quantitative estimate of drug-likeness (QED) is 0.805. The SMILES string of the molecule is Nc1cccc(-n2ccc(C(=O)N(CCO)C3CC3)n2)c1. The largest absolute Gasteiger partial charge is 0.399 e. The van der Waals surface area contributed by atoms with Gasteiger partial charge in [-0.05, 0) is 37.1 Å². The number of nitrogens with two attached hydrogens (primary N) is 1. The number of amides is 1. The lowest BCUT2D eigenvalue weighted by Gasteiger charge is -2.19. The van der Waals surface area contributed by atoms with Gasteiger partial charge in [0.05, 0.1) is 12.3 Å². The van der Waals surface area contributed by atoms with Crippen molar-refractivity contribution in [2.24, 2.45) is 0 Å². The van der Waals surface area contributed by atoms with Crippen LogP contribution in [-0.2, 0) is 0 Å². The Bertz CT molecular complexity index is 649. The van der Waals surface area contributed by atoms with Gasteiger partial charge in [0.25, 0.3) is 5.91 Å². The normalized spacial score (nSPS) is 14.1. The van der Waals surface area contributed by atoms with Crippen LogP contribution in [0.1, 0.15) is 23.3 Å². The highest BCUT2D eigenvalue weighted by Crippen LogP contribution is 2.27. The minimum Gasteiger partial charge on any atom is -0.399 e. The van der Waals surface area contributed by atoms with Crippen LogP contribution in [0, 0.1) is 0 Å². The number of anilines is 1. The lowest BCUT2D eigenvalue weighted by atomic mass is 10.3. The summed E-state index contributed by atoms with van der Waals surface area (Å²) in [5.74, 6) is -0.130. The molecule has 0 saturated heterocycles. The molecule has 1 aliphatic rings. The topological polar surface area (TPSA) is 84.4 Å². The van der Waals surface area contributed by atoms with Crippen molar-refractivity contribution in [2.45, 2.75) is 18.9 Å². The van der Waals surface area contributed by atoms with Gasteiger partial charge in [-0.3, -0.25) is 4.79 Å². The maximum Gasteiger partial charge on any atom is 0.274 e. The van der Waals surface area contributed by atoms with Crippen molar-refractivity contribution in [3.8, 4) is 5.69 Å². The number of aliphatic hydroxyl groups excluding tert-OH is 1. The smallest absolute Gasteiger partial charge is 0.274 e. The number of aliphatic hydroxyl groups is 1. The molecule has 6 nitrogen and oxygen atoms in total. The Kier molecular flexibility index (Phi) is 3.62. The van der Waals surface area contributed by atoms with E-state index in [9.17, 15) is 4.79 Å². The van der Waals surface area contributed by atoms with Gasteiger partial charge in [-0.15, -0.1) is 0 Å². The van der Waals surface area contributed by atoms with E-state index < -0.39 is 0 Å². The van der Waals surface area contributed by atoms with Gasteiger partial charge >= 0.3 is 0 Å². The Morgan fingerprint density at radius 3 is 2.90 bits per heavy atom. The number of nitrogens with zero attached hydrogens (tertiary/aromatic N) is 3. The standard InChI is InChI=1S/C15H18N4O2/c16-11-2-1-3-13(10-11)19-7-6-14(17-19)15(21)18(8-9-20)12-4-5-12/h1-3,6-7,10,12,20H,4-5,8-9,16H2. The predicted octanol–water partition coefficient (Wildman–Crippen LogP) is 1.05. The van der Waals surface area contributed by atoms with E-state index in [2.05, 4.69) is 5.10 Å². The fourth-order valence-corrected chi connectivity index (χ4v) is 2.34. The van der Waals surface area contributed by atoms with E-state index in [4.69, 9.17) is 10.8 Å². The van der Waals surface area contributed by atoms with E-state index in [-0.39, 0.29) is 18.6 Å². The molecule has 0 atom stereocenters. The summed E-state index contributed by atoms with van der Waals surface area (Å²) >= 11 is 0. The van der Waals surface area contributed by atoms with Gasteiger partial charge in [0, 0.05) is 24.5 Å². The van der Waals surface area contributed by atoms with Crippen LogP contribution in [0.5, 0.6) is 0 Å². The lowest BCUT2D eigenvalue weighted by molar-refractivity contribution is 0.0701. The summed E-state index contributed by atoms with van der Waals surface area (Å²) in [6.45, 7) is 0.326. The van der Waals surface area contributed by atoms with Gasteiger partial charge < -0.3 is 15.7 Å². The molecule has 110 valence electrons. The molecule has 1 heterocycles. The van der Waals surface area contributed by atoms with Gasteiger partial charge in [0.2, 0.25) is 0 Å². The molecule has 0 aliphatic heterocycles. The van der Waals surface area contributed by atoms with Crippen LogP contribution >= 0.6 is 0 Å². The summed E-state index contributed by atoms with van der Waals surface area (Å²) in [7, 11) is 0. The van der Waals surface area contributed by atoms with Crippen molar-refractivity contribution >= 4 is 11.6 Å². The van der Waals surface area contributed by atoms with Gasteiger partial charge in [-0.2, -0.15) is 5.10 Å². The second-order valence-corrected chi connectivity index (χ2v) is 5.19. The van der Waals surface area contributed by atoms with Crippen LogP contribution in [0.2, 0.25) is 0 Å². The molecule has 3 rings (SSSR count). The molecule has 1 aromatic carbocycles. The molecule has 1 aliphatic carbocycles. The van der Waals surface area contributed by atoms with Crippen LogP contribution in [-0.4, -0.2) is 44.9 Å². The number of benzene rings is 1. The van der Waals surface area contributed by atoms with Gasteiger partial charge in [-0.25, -0.2) is 4.68 Å². The summed E-state index contributed by atoms with van der Waals surface area (Å²) < 4.78 is 1.63. The maximum absolute atomic E-state index is 12.4. The van der Waals surface area contributed by atoms with Crippen molar-refractivity contribution in [1.29, 1.82) is 0 Å². The summed E-state index contributed by atoms with van der Waals surface area (Å²) in [6, 6.07) is 9.27. The first-order valence-electron chi connectivity index (χ1n) is 7.02. The summed E-state index contributed by atoms with van der Waals surface area (Å²) in [6.07, 6.45) is 3.75. The van der Waals surface area contributed by atoms with E-state index in [1.807, 2.05) is 12.1 Å². The minimum absolute atomic E-state index is 0.0296. The van der Waals surface area contributed by atoms with E-state index >= 15 is 0 Å². The molecule has 1 fully saturated rings. The number of nitrogen functional groups attached to an aromatic ring is 1. The average molecular weight is 286 g/mol. The van der Waals surface area contributed by atoms with Crippen molar-refractivity contribution in [1.82, 2.24) is 14.7 Å². The highest BCUT2D eigenvalue weighted by Gasteiger charge is 2.33. The summed E-state index contributed by atoms with van der Waals surface area (Å²) in [5, 5.41) is 13.4. The maximum atomic E-state index is 12.4. The highest BCUT2D eigenvalue weighted by molar-refractivity contribution is 5.92. The predicted molar refractivity (Wildman–Crippen MR) is 79.1 cm³/mol. The Balaban J connectivity index is 1.82. The van der Waals surface area contributed by atoms with Crippen molar-refractivity contribution in [3.63, 3.8) is 0 Å². The molecule has 21 heavy (non-hydrogen) atoms. The molecule has 0 bridgehead atoms. The monoisotopic (exact) mass is 286 g/mol. The molecular weight excluding hydrogens is 268 g/mol. The van der Waals surface area contributed by atoms with E-state index in [1.165, 1.54) is 0 Å². The number of carbonyl (C=O) groups is 1. The van der Waals surface area contributed by atoms with Gasteiger partial charge in [0.15, 0.2) is 5.69 Å². The van der Waals surface area contributed by atoms with Crippen LogP contribution in [0.25, 0.3) is 5.69 Å². The number of aromatic nitrogens is 2. The zero-order valence-corrected chi connectivity index (χ0v) is 11.6. The van der Waals surface area contributed by atoms with E-state index in [0.29, 0.717) is 17.9 Å². The van der Waals surface area contributed by atoms with Crippen molar-refractivity contribution in [2.75, 3.05) is 18.9 Å². The fraction of sp³-hybridized carbons (Fsp3) is 0.333. The van der Waals surface area contributed by atoms with E-state index in [0.717, 1.165) is 18.5 Å². The minimum atomic E-state index is -0.130. The third kappa shape index (κ3) is 2.90.